The van der Waals surface area contributed by atoms with Crippen LogP contribution in [0.4, 0.5) is 0 Å². The van der Waals surface area contributed by atoms with Crippen LogP contribution < -0.4 is 5.32 Å². The van der Waals surface area contributed by atoms with Crippen molar-refractivity contribution in [2.45, 2.75) is 73.3 Å². The molecule has 0 bridgehead atoms. The SMILES string of the molecule is C=C(NC1CCC(C(C)C)CC1)/C(C)=C\C(N=CN(C)CC)=C(C)C. The van der Waals surface area contributed by atoms with Crippen LogP contribution in [0.15, 0.2) is 40.2 Å². The smallest absolute Gasteiger partial charge is 0.0909 e. The molecule has 3 nitrogen and oxygen atoms in total. The summed E-state index contributed by atoms with van der Waals surface area (Å²) in [5, 5.41) is 3.65. The first-order chi connectivity index (χ1) is 11.7. The number of hydrogen-bond acceptors (Lipinski definition) is 2. The van der Waals surface area contributed by atoms with E-state index in [2.05, 4.69) is 69.4 Å². The molecule has 0 aromatic carbocycles. The summed E-state index contributed by atoms with van der Waals surface area (Å²) in [5.41, 5.74) is 4.43. The van der Waals surface area contributed by atoms with Crippen LogP contribution in [0, 0.1) is 11.8 Å². The Morgan fingerprint density at radius 3 is 2.28 bits per heavy atom. The lowest BCUT2D eigenvalue weighted by Gasteiger charge is -2.32. The normalized spacial score (nSPS) is 21.5. The van der Waals surface area contributed by atoms with Crippen LogP contribution in [0.1, 0.15) is 67.2 Å². The Hall–Kier alpha value is -1.51. The summed E-state index contributed by atoms with van der Waals surface area (Å²) >= 11 is 0. The minimum Gasteiger partial charge on any atom is -0.383 e. The fourth-order valence-corrected chi connectivity index (χ4v) is 3.14. The van der Waals surface area contributed by atoms with E-state index < -0.39 is 0 Å². The third-order valence-electron chi connectivity index (χ3n) is 5.33. The molecule has 0 radical (unpaired) electrons. The van der Waals surface area contributed by atoms with Gasteiger partial charge in [-0.15, -0.1) is 0 Å². The minimum atomic E-state index is 0.565. The van der Waals surface area contributed by atoms with Gasteiger partial charge in [0, 0.05) is 25.3 Å². The van der Waals surface area contributed by atoms with Crippen molar-refractivity contribution < 1.29 is 0 Å². The van der Waals surface area contributed by atoms with Crippen LogP contribution >= 0.6 is 0 Å². The van der Waals surface area contributed by atoms with E-state index in [1.54, 1.807) is 0 Å². The van der Waals surface area contributed by atoms with Crippen molar-refractivity contribution in [2.75, 3.05) is 13.6 Å². The monoisotopic (exact) mass is 345 g/mol. The molecule has 1 N–H and O–H groups in total. The highest BCUT2D eigenvalue weighted by Crippen LogP contribution is 2.30. The van der Waals surface area contributed by atoms with Crippen molar-refractivity contribution in [2.24, 2.45) is 16.8 Å². The molecule has 1 fully saturated rings. The molecule has 0 unspecified atom stereocenters. The summed E-state index contributed by atoms with van der Waals surface area (Å²) in [4.78, 5) is 6.70. The average Bonchev–Trinajstić information content (AvgIpc) is 2.58. The van der Waals surface area contributed by atoms with Gasteiger partial charge in [-0.3, -0.25) is 0 Å². The maximum absolute atomic E-state index is 4.63. The van der Waals surface area contributed by atoms with Gasteiger partial charge in [0.05, 0.1) is 12.0 Å². The molecule has 0 amide bonds. The zero-order valence-electron chi connectivity index (χ0n) is 17.5. The van der Waals surface area contributed by atoms with E-state index >= 15 is 0 Å². The Morgan fingerprint density at radius 1 is 1.20 bits per heavy atom. The summed E-state index contributed by atoms with van der Waals surface area (Å²) in [6.45, 7) is 18.4. The molecular weight excluding hydrogens is 306 g/mol. The van der Waals surface area contributed by atoms with Crippen molar-refractivity contribution in [3.05, 3.63) is 35.2 Å². The molecule has 0 aromatic heterocycles. The van der Waals surface area contributed by atoms with E-state index in [1.807, 2.05) is 13.4 Å². The topological polar surface area (TPSA) is 27.6 Å². The summed E-state index contributed by atoms with van der Waals surface area (Å²) in [5.74, 6) is 1.70. The van der Waals surface area contributed by atoms with Crippen LogP contribution in [0.3, 0.4) is 0 Å². The maximum Gasteiger partial charge on any atom is 0.0909 e. The molecule has 0 saturated heterocycles. The van der Waals surface area contributed by atoms with Crippen LogP contribution in [-0.2, 0) is 0 Å². The van der Waals surface area contributed by atoms with Crippen LogP contribution in [0.25, 0.3) is 0 Å². The third-order valence-corrected chi connectivity index (χ3v) is 5.33. The molecule has 142 valence electrons. The van der Waals surface area contributed by atoms with Gasteiger partial charge < -0.3 is 10.2 Å². The predicted molar refractivity (Wildman–Crippen MR) is 112 cm³/mol. The lowest BCUT2D eigenvalue weighted by atomic mass is 9.79. The molecule has 1 saturated carbocycles. The van der Waals surface area contributed by atoms with E-state index in [0.29, 0.717) is 6.04 Å². The second kappa shape index (κ2) is 10.5. The summed E-state index contributed by atoms with van der Waals surface area (Å²) in [7, 11) is 2.04. The van der Waals surface area contributed by atoms with Crippen molar-refractivity contribution in [1.82, 2.24) is 10.2 Å². The van der Waals surface area contributed by atoms with Gasteiger partial charge in [-0.2, -0.15) is 0 Å². The first-order valence-corrected chi connectivity index (χ1v) is 9.80. The molecule has 3 heteroatoms. The molecule has 0 heterocycles. The van der Waals surface area contributed by atoms with Crippen LogP contribution in [0.5, 0.6) is 0 Å². The lowest BCUT2D eigenvalue weighted by Crippen LogP contribution is -2.33. The van der Waals surface area contributed by atoms with Crippen molar-refractivity contribution in [1.29, 1.82) is 0 Å². The van der Waals surface area contributed by atoms with Crippen LogP contribution in [0.2, 0.25) is 0 Å². The van der Waals surface area contributed by atoms with E-state index in [9.17, 15) is 0 Å². The van der Waals surface area contributed by atoms with E-state index in [-0.39, 0.29) is 0 Å². The molecular formula is C22H39N3. The molecule has 1 aliphatic carbocycles. The number of rotatable bonds is 8. The fraction of sp³-hybridized carbons (Fsp3) is 0.682. The Morgan fingerprint density at radius 2 is 1.80 bits per heavy atom. The van der Waals surface area contributed by atoms with Gasteiger partial charge in [-0.05, 0) is 76.9 Å². The first kappa shape index (κ1) is 21.5. The number of hydrogen-bond donors (Lipinski definition) is 1. The molecule has 0 aromatic rings. The Labute approximate surface area is 156 Å². The van der Waals surface area contributed by atoms with Gasteiger partial charge in [-0.1, -0.05) is 26.0 Å². The molecule has 1 aliphatic rings. The van der Waals surface area contributed by atoms with Crippen molar-refractivity contribution in [3.8, 4) is 0 Å². The van der Waals surface area contributed by atoms with Gasteiger partial charge >= 0.3 is 0 Å². The minimum absolute atomic E-state index is 0.565. The Kier molecular flexibility index (Phi) is 9.02. The van der Waals surface area contributed by atoms with Gasteiger partial charge in [0.25, 0.3) is 0 Å². The molecule has 1 rings (SSSR count). The molecule has 0 atom stereocenters. The second-order valence-corrected chi connectivity index (χ2v) is 8.01. The summed E-state index contributed by atoms with van der Waals surface area (Å²) < 4.78 is 0. The van der Waals surface area contributed by atoms with Crippen molar-refractivity contribution in [3.63, 3.8) is 0 Å². The highest BCUT2D eigenvalue weighted by atomic mass is 15.1. The Balaban J connectivity index is 2.66. The highest BCUT2D eigenvalue weighted by Gasteiger charge is 2.23. The van der Waals surface area contributed by atoms with Gasteiger partial charge in [0.2, 0.25) is 0 Å². The third kappa shape index (κ3) is 7.50. The number of nitrogens with zero attached hydrogens (tertiary/aromatic N) is 2. The van der Waals surface area contributed by atoms with Gasteiger partial charge in [0.1, 0.15) is 0 Å². The zero-order valence-corrected chi connectivity index (χ0v) is 17.5. The van der Waals surface area contributed by atoms with Gasteiger partial charge in [0.15, 0.2) is 0 Å². The fourth-order valence-electron chi connectivity index (χ4n) is 3.14. The van der Waals surface area contributed by atoms with Gasteiger partial charge in [-0.25, -0.2) is 4.99 Å². The quantitative estimate of drug-likeness (QED) is 0.356. The predicted octanol–water partition coefficient (Wildman–Crippen LogP) is 5.52. The Bertz CT molecular complexity index is 513. The molecule has 25 heavy (non-hydrogen) atoms. The average molecular weight is 346 g/mol. The standard InChI is InChI=1S/C22H39N3/c1-9-25(8)15-23-22(17(4)5)14-18(6)19(7)24-21-12-10-20(11-13-21)16(2)3/h14-16,20-21,24H,7,9-13H2,1-6,8H3/b18-14-,23-15?. The van der Waals surface area contributed by atoms with E-state index in [4.69, 9.17) is 0 Å². The summed E-state index contributed by atoms with van der Waals surface area (Å²) in [6.07, 6.45) is 9.21. The van der Waals surface area contributed by atoms with E-state index in [0.717, 1.165) is 29.8 Å². The van der Waals surface area contributed by atoms with Crippen LogP contribution in [-0.4, -0.2) is 30.9 Å². The lowest BCUT2D eigenvalue weighted by molar-refractivity contribution is 0.246. The number of aliphatic imine (C=N–C) groups is 1. The zero-order chi connectivity index (χ0) is 19.0. The number of nitrogens with one attached hydrogen (secondary N) is 1. The largest absolute Gasteiger partial charge is 0.383 e. The number of allylic oxidation sites excluding steroid dienone is 3. The highest BCUT2D eigenvalue weighted by molar-refractivity contribution is 5.57. The molecule has 0 aliphatic heterocycles. The summed E-state index contributed by atoms with van der Waals surface area (Å²) in [6, 6.07) is 0.565. The maximum atomic E-state index is 4.63. The molecule has 0 spiro atoms. The second-order valence-electron chi connectivity index (χ2n) is 8.01. The van der Waals surface area contributed by atoms with Crippen molar-refractivity contribution >= 4 is 6.34 Å². The van der Waals surface area contributed by atoms with E-state index in [1.165, 1.54) is 36.8 Å². The first-order valence-electron chi connectivity index (χ1n) is 9.80.